The molecule has 0 fully saturated rings. The van der Waals surface area contributed by atoms with E-state index in [1.54, 1.807) is 12.4 Å². The molecule has 3 heterocycles. The number of rotatable bonds is 2. The minimum Gasteiger partial charge on any atom is -0.405 e. The van der Waals surface area contributed by atoms with Crippen molar-refractivity contribution < 1.29 is 4.42 Å². The van der Waals surface area contributed by atoms with Gasteiger partial charge in [0.2, 0.25) is 5.88 Å². The van der Waals surface area contributed by atoms with Crippen LogP contribution in [0.25, 0.3) is 0 Å². The number of aryl methyl sites for hydroxylation is 1. The number of nitrogens with zero attached hydrogens (tertiary/aromatic N) is 2. The third kappa shape index (κ3) is 2.13. The van der Waals surface area contributed by atoms with E-state index in [2.05, 4.69) is 22.3 Å². The van der Waals surface area contributed by atoms with Gasteiger partial charge < -0.3 is 4.42 Å². The Morgan fingerprint density at radius 1 is 1.42 bits per heavy atom. The van der Waals surface area contributed by atoms with Crippen molar-refractivity contribution in [2.24, 2.45) is 0 Å². The smallest absolute Gasteiger partial charge is 0.337 e. The molecule has 0 bridgehead atoms. The molecule has 0 aliphatic carbocycles. The molecule has 0 radical (unpaired) electrons. The first-order valence-electron chi connectivity index (χ1n) is 6.22. The molecular formula is C14H15N3O2. The molecule has 1 atom stereocenters. The van der Waals surface area contributed by atoms with Crippen molar-refractivity contribution in [3.8, 4) is 0 Å². The van der Waals surface area contributed by atoms with E-state index < -0.39 is 0 Å². The Balaban J connectivity index is 1.89. The van der Waals surface area contributed by atoms with Gasteiger partial charge in [-0.05, 0) is 37.1 Å². The van der Waals surface area contributed by atoms with Gasteiger partial charge in [0.05, 0.1) is 6.04 Å². The highest BCUT2D eigenvalue weighted by Crippen LogP contribution is 2.36. The monoisotopic (exact) mass is 257 g/mol. The summed E-state index contributed by atoms with van der Waals surface area (Å²) in [6.07, 6.45) is 3.54. The Hall–Kier alpha value is -2.14. The van der Waals surface area contributed by atoms with Crippen molar-refractivity contribution in [3.05, 3.63) is 57.7 Å². The molecule has 0 aromatic carbocycles. The molecule has 2 aromatic heterocycles. The summed E-state index contributed by atoms with van der Waals surface area (Å²) in [5.41, 5.74) is 6.01. The van der Waals surface area contributed by atoms with Crippen molar-refractivity contribution in [2.45, 2.75) is 26.4 Å². The van der Waals surface area contributed by atoms with Gasteiger partial charge in [-0.1, -0.05) is 0 Å². The fourth-order valence-electron chi connectivity index (χ4n) is 2.47. The van der Waals surface area contributed by atoms with Crippen LogP contribution in [0.4, 0.5) is 5.88 Å². The highest BCUT2D eigenvalue weighted by Gasteiger charge is 2.30. The Morgan fingerprint density at radius 2 is 2.16 bits per heavy atom. The van der Waals surface area contributed by atoms with Gasteiger partial charge in [-0.15, -0.1) is 0 Å². The molecule has 5 heteroatoms. The highest BCUT2D eigenvalue weighted by atomic mass is 16.4. The summed E-state index contributed by atoms with van der Waals surface area (Å²) < 4.78 is 5.22. The Bertz CT molecular complexity index is 651. The largest absolute Gasteiger partial charge is 0.405 e. The summed E-state index contributed by atoms with van der Waals surface area (Å²) in [5, 5.41) is 2.05. The molecule has 1 aliphatic heterocycles. The SMILES string of the molecule is Cc1cc(=O)oc2c1C(C)N(Cc1ccncc1)N2. The van der Waals surface area contributed by atoms with Crippen molar-refractivity contribution in [3.63, 3.8) is 0 Å². The molecule has 1 N–H and O–H groups in total. The number of nitrogens with one attached hydrogen (secondary N) is 1. The van der Waals surface area contributed by atoms with E-state index in [4.69, 9.17) is 4.42 Å². The number of hydrogen-bond acceptors (Lipinski definition) is 5. The molecule has 0 saturated heterocycles. The summed E-state index contributed by atoms with van der Waals surface area (Å²) in [4.78, 5) is 15.4. The second-order valence-corrected chi connectivity index (χ2v) is 4.76. The lowest BCUT2D eigenvalue weighted by molar-refractivity contribution is 0.267. The zero-order chi connectivity index (χ0) is 13.4. The van der Waals surface area contributed by atoms with Gasteiger partial charge in [-0.2, -0.15) is 0 Å². The van der Waals surface area contributed by atoms with Crippen LogP contribution in [0.3, 0.4) is 0 Å². The van der Waals surface area contributed by atoms with Crippen LogP contribution in [0.15, 0.2) is 39.8 Å². The number of anilines is 1. The Kier molecular flexibility index (Phi) is 2.83. The minimum absolute atomic E-state index is 0.160. The first-order chi connectivity index (χ1) is 9.15. The zero-order valence-electron chi connectivity index (χ0n) is 10.9. The molecule has 0 spiro atoms. The van der Waals surface area contributed by atoms with Crippen molar-refractivity contribution in [1.29, 1.82) is 0 Å². The van der Waals surface area contributed by atoms with Gasteiger partial charge in [0, 0.05) is 30.6 Å². The molecule has 0 saturated carbocycles. The molecule has 3 rings (SSSR count). The maximum absolute atomic E-state index is 11.4. The highest BCUT2D eigenvalue weighted by molar-refractivity contribution is 5.50. The molecule has 98 valence electrons. The van der Waals surface area contributed by atoms with Crippen molar-refractivity contribution >= 4 is 5.88 Å². The van der Waals surface area contributed by atoms with Gasteiger partial charge in [0.1, 0.15) is 0 Å². The summed E-state index contributed by atoms with van der Waals surface area (Å²) in [6.45, 7) is 4.75. The third-order valence-corrected chi connectivity index (χ3v) is 3.44. The van der Waals surface area contributed by atoms with Crippen LogP contribution in [0.2, 0.25) is 0 Å². The first-order valence-corrected chi connectivity index (χ1v) is 6.22. The molecular weight excluding hydrogens is 242 g/mol. The van der Waals surface area contributed by atoms with E-state index in [0.29, 0.717) is 5.88 Å². The average molecular weight is 257 g/mol. The topological polar surface area (TPSA) is 58.4 Å². The predicted octanol–water partition coefficient (Wildman–Crippen LogP) is 2.25. The van der Waals surface area contributed by atoms with E-state index in [1.165, 1.54) is 6.07 Å². The van der Waals surface area contributed by atoms with E-state index in [-0.39, 0.29) is 11.7 Å². The summed E-state index contributed by atoms with van der Waals surface area (Å²) in [6, 6.07) is 5.64. The molecule has 19 heavy (non-hydrogen) atoms. The van der Waals surface area contributed by atoms with Gasteiger partial charge in [-0.25, -0.2) is 9.80 Å². The second kappa shape index (κ2) is 4.51. The normalized spacial score (nSPS) is 18.1. The lowest BCUT2D eigenvalue weighted by atomic mass is 10.1. The number of hydrogen-bond donors (Lipinski definition) is 1. The number of aromatic nitrogens is 1. The summed E-state index contributed by atoms with van der Waals surface area (Å²) in [5.74, 6) is 0.562. The molecule has 0 amide bonds. The Labute approximate surface area is 110 Å². The number of fused-ring (bicyclic) bond motifs is 1. The van der Waals surface area contributed by atoms with Crippen LogP contribution in [0, 0.1) is 6.92 Å². The van der Waals surface area contributed by atoms with Crippen molar-refractivity contribution in [2.75, 3.05) is 5.43 Å². The molecule has 1 aliphatic rings. The predicted molar refractivity (Wildman–Crippen MR) is 71.5 cm³/mol. The third-order valence-electron chi connectivity index (χ3n) is 3.44. The fourth-order valence-corrected chi connectivity index (χ4v) is 2.47. The van der Waals surface area contributed by atoms with Crippen LogP contribution in [0.5, 0.6) is 0 Å². The van der Waals surface area contributed by atoms with Gasteiger partial charge >= 0.3 is 5.63 Å². The number of pyridine rings is 1. The van der Waals surface area contributed by atoms with Crippen LogP contribution >= 0.6 is 0 Å². The maximum atomic E-state index is 11.4. The van der Waals surface area contributed by atoms with E-state index in [1.807, 2.05) is 19.1 Å². The lowest BCUT2D eigenvalue weighted by Gasteiger charge is -2.21. The van der Waals surface area contributed by atoms with Gasteiger partial charge in [0.25, 0.3) is 0 Å². The fraction of sp³-hybridized carbons (Fsp3) is 0.286. The van der Waals surface area contributed by atoms with Crippen LogP contribution in [-0.4, -0.2) is 9.99 Å². The van der Waals surface area contributed by atoms with E-state index >= 15 is 0 Å². The van der Waals surface area contributed by atoms with E-state index in [9.17, 15) is 4.79 Å². The minimum atomic E-state index is -0.318. The summed E-state index contributed by atoms with van der Waals surface area (Å²) in [7, 11) is 0. The van der Waals surface area contributed by atoms with Crippen LogP contribution in [-0.2, 0) is 6.54 Å². The quantitative estimate of drug-likeness (QED) is 0.894. The lowest BCUT2D eigenvalue weighted by Crippen LogP contribution is -2.26. The van der Waals surface area contributed by atoms with Crippen LogP contribution in [0.1, 0.15) is 29.7 Å². The first kappa shape index (κ1) is 11.9. The summed E-state index contributed by atoms with van der Waals surface area (Å²) >= 11 is 0. The molecule has 2 aromatic rings. The van der Waals surface area contributed by atoms with Crippen molar-refractivity contribution in [1.82, 2.24) is 9.99 Å². The maximum Gasteiger partial charge on any atom is 0.337 e. The van der Waals surface area contributed by atoms with Crippen LogP contribution < -0.4 is 11.1 Å². The van der Waals surface area contributed by atoms with Gasteiger partial charge in [0.15, 0.2) is 0 Å². The standard InChI is InChI=1S/C14H15N3O2/c1-9-7-12(18)19-14-13(9)10(2)17(16-14)8-11-3-5-15-6-4-11/h3-7,10,16H,8H2,1-2H3. The molecule has 1 unspecified atom stereocenters. The molecule has 5 nitrogen and oxygen atoms in total. The van der Waals surface area contributed by atoms with Gasteiger partial charge in [-0.3, -0.25) is 10.4 Å². The second-order valence-electron chi connectivity index (χ2n) is 4.76. The average Bonchev–Trinajstić information content (AvgIpc) is 2.67. The number of hydrazine groups is 1. The zero-order valence-corrected chi connectivity index (χ0v) is 10.9. The van der Waals surface area contributed by atoms with E-state index in [0.717, 1.165) is 23.2 Å². The Morgan fingerprint density at radius 3 is 2.89 bits per heavy atom.